The summed E-state index contributed by atoms with van der Waals surface area (Å²) in [6, 6.07) is 14.9. The predicted molar refractivity (Wildman–Crippen MR) is 109 cm³/mol. The van der Waals surface area contributed by atoms with E-state index in [1.807, 2.05) is 48.5 Å². The zero-order chi connectivity index (χ0) is 19.8. The lowest BCUT2D eigenvalue weighted by atomic mass is 10.1. The molecule has 1 aliphatic heterocycles. The molecule has 0 aliphatic carbocycles. The molecule has 1 fully saturated rings. The summed E-state index contributed by atoms with van der Waals surface area (Å²) in [4.78, 5) is 13.0. The minimum atomic E-state index is -0.585. The van der Waals surface area contributed by atoms with E-state index >= 15 is 0 Å². The fraction of sp³-hybridized carbons (Fsp3) is 0.409. The third kappa shape index (κ3) is 6.23. The van der Waals surface area contributed by atoms with E-state index in [1.54, 1.807) is 0 Å². The van der Waals surface area contributed by atoms with Crippen LogP contribution in [-0.4, -0.2) is 54.7 Å². The summed E-state index contributed by atoms with van der Waals surface area (Å²) in [7, 11) is 0. The van der Waals surface area contributed by atoms with E-state index in [1.165, 1.54) is 0 Å². The highest BCUT2D eigenvalue weighted by Gasteiger charge is 2.22. The number of hydrogen-bond acceptors (Lipinski definition) is 5. The second-order valence-electron chi connectivity index (χ2n) is 7.02. The van der Waals surface area contributed by atoms with Crippen LogP contribution in [0.25, 0.3) is 0 Å². The molecule has 5 nitrogen and oxygen atoms in total. The third-order valence-corrected chi connectivity index (χ3v) is 5.08. The Morgan fingerprint density at radius 2 is 1.86 bits per heavy atom. The van der Waals surface area contributed by atoms with Gasteiger partial charge in [-0.2, -0.15) is 0 Å². The van der Waals surface area contributed by atoms with Gasteiger partial charge in [-0.3, -0.25) is 0 Å². The number of likely N-dealkylation sites (tertiary alicyclic amines) is 1. The van der Waals surface area contributed by atoms with Crippen LogP contribution in [0.3, 0.4) is 0 Å². The third-order valence-electron chi connectivity index (χ3n) is 4.83. The molecule has 1 atom stereocenters. The van der Waals surface area contributed by atoms with Crippen molar-refractivity contribution < 1.29 is 19.4 Å². The molecule has 3 rings (SSSR count). The van der Waals surface area contributed by atoms with Gasteiger partial charge in [-0.25, -0.2) is 0 Å². The number of aliphatic hydroxyl groups is 1. The topological polar surface area (TPSA) is 59.0 Å². The van der Waals surface area contributed by atoms with Gasteiger partial charge in [0.1, 0.15) is 36.6 Å². The van der Waals surface area contributed by atoms with E-state index in [4.69, 9.17) is 21.1 Å². The zero-order valence-electron chi connectivity index (χ0n) is 15.8. The summed E-state index contributed by atoms with van der Waals surface area (Å²) < 4.78 is 11.7. The van der Waals surface area contributed by atoms with Gasteiger partial charge in [0.25, 0.3) is 0 Å². The second kappa shape index (κ2) is 10.5. The van der Waals surface area contributed by atoms with Crippen LogP contribution in [-0.2, 0) is 11.2 Å². The summed E-state index contributed by atoms with van der Waals surface area (Å²) in [5.41, 5.74) is 0.838. The Morgan fingerprint density at radius 3 is 2.57 bits per heavy atom. The van der Waals surface area contributed by atoms with Crippen molar-refractivity contribution in [1.82, 2.24) is 4.90 Å². The lowest BCUT2D eigenvalue weighted by Gasteiger charge is -2.33. The summed E-state index contributed by atoms with van der Waals surface area (Å²) >= 11 is 5.90. The molecule has 28 heavy (non-hydrogen) atoms. The molecule has 0 aromatic heterocycles. The Kier molecular flexibility index (Phi) is 7.71. The fourth-order valence-corrected chi connectivity index (χ4v) is 3.48. The molecule has 1 N–H and O–H groups in total. The molecule has 0 bridgehead atoms. The highest BCUT2D eigenvalue weighted by atomic mass is 35.5. The van der Waals surface area contributed by atoms with E-state index < -0.39 is 6.10 Å². The fourth-order valence-electron chi connectivity index (χ4n) is 3.36. The van der Waals surface area contributed by atoms with E-state index in [0.717, 1.165) is 43.5 Å². The molecular formula is C22H26ClNO4. The number of piperidine rings is 1. The number of benzene rings is 2. The number of halogens is 1. The first kappa shape index (κ1) is 20.6. The van der Waals surface area contributed by atoms with Gasteiger partial charge in [-0.05, 0) is 43.2 Å². The predicted octanol–water partition coefficient (Wildman–Crippen LogP) is 3.36. The normalized spacial score (nSPS) is 16.5. The second-order valence-corrected chi connectivity index (χ2v) is 7.45. The number of β-amino-alcohol motifs (C(OH)–C–C–N with tert-alkyl or cyclic N) is 1. The zero-order valence-corrected chi connectivity index (χ0v) is 16.6. The number of nitrogens with zero attached hydrogens (tertiary/aromatic N) is 1. The Morgan fingerprint density at radius 1 is 1.14 bits per heavy atom. The monoisotopic (exact) mass is 403 g/mol. The number of rotatable bonds is 9. The van der Waals surface area contributed by atoms with Crippen LogP contribution in [0.4, 0.5) is 0 Å². The van der Waals surface area contributed by atoms with Crippen molar-refractivity contribution >= 4 is 17.9 Å². The number of hydrogen-bond donors (Lipinski definition) is 1. The highest BCUT2D eigenvalue weighted by Crippen LogP contribution is 2.22. The number of carbonyl (C=O) groups excluding carboxylic acids is 1. The van der Waals surface area contributed by atoms with Crippen molar-refractivity contribution in [2.45, 2.75) is 31.5 Å². The molecule has 1 unspecified atom stereocenters. The van der Waals surface area contributed by atoms with Gasteiger partial charge in [-0.1, -0.05) is 29.8 Å². The molecular weight excluding hydrogens is 378 g/mol. The maximum Gasteiger partial charge on any atom is 0.124 e. The van der Waals surface area contributed by atoms with Crippen molar-refractivity contribution in [3.05, 3.63) is 59.1 Å². The average Bonchev–Trinajstić information content (AvgIpc) is 2.71. The Bertz CT molecular complexity index is 744. The number of aliphatic hydroxyl groups excluding tert-OH is 1. The molecule has 1 aliphatic rings. The van der Waals surface area contributed by atoms with Crippen LogP contribution in [0, 0.1) is 0 Å². The number of para-hydroxylation sites is 1. The molecule has 1 saturated heterocycles. The maximum atomic E-state index is 10.8. The van der Waals surface area contributed by atoms with Crippen LogP contribution in [0.15, 0.2) is 48.5 Å². The molecule has 2 aromatic carbocycles. The standard InChI is InChI=1S/C22H26ClNO4/c23-18-5-7-20(8-6-18)28-21-9-12-24(13-10-21)15-19(26)16-27-22-4-2-1-3-17(22)11-14-25/h1-8,14,19,21,26H,9-13,15-16H2. The van der Waals surface area contributed by atoms with Crippen molar-refractivity contribution in [2.24, 2.45) is 0 Å². The first-order chi connectivity index (χ1) is 13.6. The minimum absolute atomic E-state index is 0.182. The van der Waals surface area contributed by atoms with Crippen LogP contribution in [0.1, 0.15) is 18.4 Å². The number of aldehydes is 1. The molecule has 1 heterocycles. The lowest BCUT2D eigenvalue weighted by molar-refractivity contribution is -0.107. The first-order valence-corrected chi connectivity index (χ1v) is 9.99. The van der Waals surface area contributed by atoms with Crippen molar-refractivity contribution in [2.75, 3.05) is 26.2 Å². The van der Waals surface area contributed by atoms with Crippen LogP contribution in [0.5, 0.6) is 11.5 Å². The molecule has 6 heteroatoms. The van der Waals surface area contributed by atoms with E-state index in [-0.39, 0.29) is 12.7 Å². The van der Waals surface area contributed by atoms with Crippen LogP contribution < -0.4 is 9.47 Å². The largest absolute Gasteiger partial charge is 0.491 e. The molecule has 0 radical (unpaired) electrons. The van der Waals surface area contributed by atoms with Crippen molar-refractivity contribution in [3.8, 4) is 11.5 Å². The summed E-state index contributed by atoms with van der Waals surface area (Å²) in [5.74, 6) is 1.49. The summed E-state index contributed by atoms with van der Waals surface area (Å²) in [6.07, 6.45) is 2.60. The van der Waals surface area contributed by atoms with Crippen molar-refractivity contribution in [1.29, 1.82) is 0 Å². The van der Waals surface area contributed by atoms with Gasteiger partial charge in [0.2, 0.25) is 0 Å². The van der Waals surface area contributed by atoms with Gasteiger partial charge in [0.15, 0.2) is 0 Å². The lowest BCUT2D eigenvalue weighted by Crippen LogP contribution is -2.43. The summed E-state index contributed by atoms with van der Waals surface area (Å²) in [5, 5.41) is 11.0. The van der Waals surface area contributed by atoms with Gasteiger partial charge in [-0.15, -0.1) is 0 Å². The molecule has 0 amide bonds. The average molecular weight is 404 g/mol. The maximum absolute atomic E-state index is 10.8. The SMILES string of the molecule is O=CCc1ccccc1OCC(O)CN1CCC(Oc2ccc(Cl)cc2)CC1. The number of ether oxygens (including phenoxy) is 2. The van der Waals surface area contributed by atoms with Crippen molar-refractivity contribution in [3.63, 3.8) is 0 Å². The molecule has 0 saturated carbocycles. The van der Waals surface area contributed by atoms with Gasteiger partial charge in [0.05, 0.1) is 0 Å². The Balaban J connectivity index is 1.39. The van der Waals surface area contributed by atoms with E-state index in [9.17, 15) is 9.90 Å². The smallest absolute Gasteiger partial charge is 0.124 e. The first-order valence-electron chi connectivity index (χ1n) is 9.61. The van der Waals surface area contributed by atoms with Crippen LogP contribution in [0.2, 0.25) is 5.02 Å². The highest BCUT2D eigenvalue weighted by molar-refractivity contribution is 6.30. The van der Waals surface area contributed by atoms with Crippen LogP contribution >= 0.6 is 11.6 Å². The Labute approximate surface area is 170 Å². The van der Waals surface area contributed by atoms with E-state index in [2.05, 4.69) is 4.90 Å². The van der Waals surface area contributed by atoms with Gasteiger partial charge in [0, 0.05) is 36.6 Å². The minimum Gasteiger partial charge on any atom is -0.491 e. The Hall–Kier alpha value is -2.08. The molecule has 2 aromatic rings. The molecule has 150 valence electrons. The van der Waals surface area contributed by atoms with Gasteiger partial charge < -0.3 is 24.3 Å². The molecule has 0 spiro atoms. The van der Waals surface area contributed by atoms with Gasteiger partial charge >= 0.3 is 0 Å². The summed E-state index contributed by atoms with van der Waals surface area (Å²) in [6.45, 7) is 2.51. The quantitative estimate of drug-likeness (QED) is 0.650. The van der Waals surface area contributed by atoms with E-state index in [0.29, 0.717) is 23.7 Å². The number of carbonyl (C=O) groups is 1.